The normalized spacial score (nSPS) is 13.8. The van der Waals surface area contributed by atoms with Crippen LogP contribution in [0.25, 0.3) is 0 Å². The van der Waals surface area contributed by atoms with Crippen LogP contribution < -0.4 is 15.5 Å². The van der Waals surface area contributed by atoms with Crippen molar-refractivity contribution < 1.29 is 4.79 Å². The van der Waals surface area contributed by atoms with E-state index >= 15 is 0 Å². The molecular weight excluding hydrogens is 284 g/mol. The van der Waals surface area contributed by atoms with Crippen LogP contribution in [-0.4, -0.2) is 31.0 Å². The van der Waals surface area contributed by atoms with E-state index in [1.54, 1.807) is 6.20 Å². The number of anilines is 3. The summed E-state index contributed by atoms with van der Waals surface area (Å²) in [5.41, 5.74) is 2.08. The smallest absolute Gasteiger partial charge is 0.263 e. The molecule has 0 unspecified atom stereocenters. The molecule has 5 nitrogen and oxygen atoms in total. The standard InChI is InChI=1S/C15H18N4OS/c1-19(2)12-5-3-4-11(8-12)18-15-16-9-13(21-15)14(20)17-10-6-7-10/h3-5,8-10H,6-7H2,1-2H3,(H,16,18)(H,17,20). The lowest BCUT2D eigenvalue weighted by atomic mass is 10.2. The van der Waals surface area contributed by atoms with E-state index in [2.05, 4.69) is 15.6 Å². The molecule has 0 aliphatic heterocycles. The summed E-state index contributed by atoms with van der Waals surface area (Å²) in [7, 11) is 4.01. The predicted molar refractivity (Wildman–Crippen MR) is 86.7 cm³/mol. The zero-order chi connectivity index (χ0) is 14.8. The number of hydrogen-bond acceptors (Lipinski definition) is 5. The molecule has 0 spiro atoms. The molecule has 1 aromatic heterocycles. The van der Waals surface area contributed by atoms with Crippen LogP contribution in [0.2, 0.25) is 0 Å². The second kappa shape index (κ2) is 5.73. The summed E-state index contributed by atoms with van der Waals surface area (Å²) in [5, 5.41) is 6.94. The van der Waals surface area contributed by atoms with Gasteiger partial charge in [0, 0.05) is 31.5 Å². The van der Waals surface area contributed by atoms with Gasteiger partial charge in [-0.1, -0.05) is 17.4 Å². The summed E-state index contributed by atoms with van der Waals surface area (Å²) >= 11 is 1.37. The molecule has 110 valence electrons. The lowest BCUT2D eigenvalue weighted by molar-refractivity contribution is 0.0955. The van der Waals surface area contributed by atoms with Gasteiger partial charge in [-0.15, -0.1) is 0 Å². The SMILES string of the molecule is CN(C)c1cccc(Nc2ncc(C(=O)NC3CC3)s2)c1. The monoisotopic (exact) mass is 302 g/mol. The number of carbonyl (C=O) groups is 1. The summed E-state index contributed by atoms with van der Waals surface area (Å²) in [5.74, 6) is -0.0231. The Balaban J connectivity index is 1.68. The maximum atomic E-state index is 11.9. The second-order valence-electron chi connectivity index (χ2n) is 5.35. The van der Waals surface area contributed by atoms with Gasteiger partial charge in [-0.25, -0.2) is 4.98 Å². The van der Waals surface area contributed by atoms with Crippen LogP contribution >= 0.6 is 11.3 Å². The fraction of sp³-hybridized carbons (Fsp3) is 0.333. The summed E-state index contributed by atoms with van der Waals surface area (Å²) in [6, 6.07) is 8.43. The molecule has 0 radical (unpaired) electrons. The zero-order valence-electron chi connectivity index (χ0n) is 12.1. The summed E-state index contributed by atoms with van der Waals surface area (Å²) in [6.45, 7) is 0. The number of benzene rings is 1. The molecule has 2 aromatic rings. The molecule has 1 saturated carbocycles. The Labute approximate surface area is 128 Å². The topological polar surface area (TPSA) is 57.3 Å². The number of nitrogens with zero attached hydrogens (tertiary/aromatic N) is 2. The van der Waals surface area contributed by atoms with Gasteiger partial charge in [-0.2, -0.15) is 0 Å². The third-order valence-corrected chi connectivity index (χ3v) is 4.17. The third kappa shape index (κ3) is 3.52. The van der Waals surface area contributed by atoms with Gasteiger partial charge < -0.3 is 15.5 Å². The molecule has 1 fully saturated rings. The Hall–Kier alpha value is -2.08. The molecule has 0 saturated heterocycles. The summed E-state index contributed by atoms with van der Waals surface area (Å²) < 4.78 is 0. The molecule has 3 rings (SSSR count). The zero-order valence-corrected chi connectivity index (χ0v) is 12.9. The highest BCUT2D eigenvalue weighted by atomic mass is 32.1. The van der Waals surface area contributed by atoms with E-state index in [9.17, 15) is 4.79 Å². The predicted octanol–water partition coefficient (Wildman–Crippen LogP) is 2.84. The van der Waals surface area contributed by atoms with Crippen LogP contribution in [0.4, 0.5) is 16.5 Å². The summed E-state index contributed by atoms with van der Waals surface area (Å²) in [6.07, 6.45) is 3.81. The fourth-order valence-corrected chi connectivity index (χ4v) is 2.65. The van der Waals surface area contributed by atoms with Crippen molar-refractivity contribution in [2.24, 2.45) is 0 Å². The first-order valence-electron chi connectivity index (χ1n) is 6.93. The van der Waals surface area contributed by atoms with Crippen LogP contribution in [-0.2, 0) is 0 Å². The average Bonchev–Trinajstić information content (AvgIpc) is 3.15. The molecule has 0 atom stereocenters. The lowest BCUT2D eigenvalue weighted by Gasteiger charge is -2.13. The van der Waals surface area contributed by atoms with Crippen LogP contribution in [0.5, 0.6) is 0 Å². The van der Waals surface area contributed by atoms with Gasteiger partial charge in [0.05, 0.1) is 6.20 Å². The number of nitrogens with one attached hydrogen (secondary N) is 2. The van der Waals surface area contributed by atoms with Crippen molar-refractivity contribution in [3.63, 3.8) is 0 Å². The maximum absolute atomic E-state index is 11.9. The lowest BCUT2D eigenvalue weighted by Crippen LogP contribution is -2.24. The van der Waals surface area contributed by atoms with Crippen LogP contribution in [0.1, 0.15) is 22.5 Å². The molecule has 0 bridgehead atoms. The van der Waals surface area contributed by atoms with Crippen LogP contribution in [0.15, 0.2) is 30.5 Å². The number of hydrogen-bond donors (Lipinski definition) is 2. The molecular formula is C15H18N4OS. The minimum Gasteiger partial charge on any atom is -0.378 e. The first-order valence-corrected chi connectivity index (χ1v) is 7.74. The Morgan fingerprint density at radius 1 is 1.38 bits per heavy atom. The quantitative estimate of drug-likeness (QED) is 0.891. The second-order valence-corrected chi connectivity index (χ2v) is 6.38. The minimum absolute atomic E-state index is 0.0231. The van der Waals surface area contributed by atoms with Crippen molar-refractivity contribution in [1.82, 2.24) is 10.3 Å². The minimum atomic E-state index is -0.0231. The molecule has 1 heterocycles. The molecule has 1 aliphatic rings. The van der Waals surface area contributed by atoms with Crippen molar-refractivity contribution in [1.29, 1.82) is 0 Å². The van der Waals surface area contributed by atoms with Crippen molar-refractivity contribution in [3.05, 3.63) is 35.3 Å². The van der Waals surface area contributed by atoms with E-state index < -0.39 is 0 Å². The van der Waals surface area contributed by atoms with Crippen molar-refractivity contribution in [3.8, 4) is 0 Å². The van der Waals surface area contributed by atoms with Gasteiger partial charge in [-0.05, 0) is 31.0 Å². The number of thiazole rings is 1. The van der Waals surface area contributed by atoms with Crippen LogP contribution in [0.3, 0.4) is 0 Å². The largest absolute Gasteiger partial charge is 0.378 e. The third-order valence-electron chi connectivity index (χ3n) is 3.26. The highest BCUT2D eigenvalue weighted by Gasteiger charge is 2.24. The molecule has 6 heteroatoms. The van der Waals surface area contributed by atoms with Gasteiger partial charge in [0.2, 0.25) is 0 Å². The van der Waals surface area contributed by atoms with E-state index in [0.717, 1.165) is 29.3 Å². The highest BCUT2D eigenvalue weighted by Crippen LogP contribution is 2.26. The van der Waals surface area contributed by atoms with Gasteiger partial charge in [0.1, 0.15) is 4.88 Å². The first-order chi connectivity index (χ1) is 10.1. The highest BCUT2D eigenvalue weighted by molar-refractivity contribution is 7.17. The number of aromatic nitrogens is 1. The Kier molecular flexibility index (Phi) is 3.79. The first kappa shape index (κ1) is 13.9. The maximum Gasteiger partial charge on any atom is 0.263 e. The number of amides is 1. The van der Waals surface area contributed by atoms with Crippen LogP contribution in [0, 0.1) is 0 Å². The van der Waals surface area contributed by atoms with E-state index in [1.165, 1.54) is 11.3 Å². The van der Waals surface area contributed by atoms with Crippen molar-refractivity contribution >= 4 is 33.8 Å². The molecule has 1 amide bonds. The Morgan fingerprint density at radius 3 is 2.90 bits per heavy atom. The van der Waals surface area contributed by atoms with E-state index in [1.807, 2.05) is 43.3 Å². The molecule has 2 N–H and O–H groups in total. The van der Waals surface area contributed by atoms with Crippen molar-refractivity contribution in [2.45, 2.75) is 18.9 Å². The fourth-order valence-electron chi connectivity index (χ4n) is 1.91. The Bertz CT molecular complexity index is 649. The molecule has 21 heavy (non-hydrogen) atoms. The van der Waals surface area contributed by atoms with Gasteiger partial charge in [0.25, 0.3) is 5.91 Å². The number of rotatable bonds is 5. The Morgan fingerprint density at radius 2 is 2.19 bits per heavy atom. The van der Waals surface area contributed by atoms with Gasteiger partial charge in [0.15, 0.2) is 5.13 Å². The van der Waals surface area contributed by atoms with Gasteiger partial charge in [-0.3, -0.25) is 4.79 Å². The van der Waals surface area contributed by atoms with Gasteiger partial charge >= 0.3 is 0 Å². The van der Waals surface area contributed by atoms with E-state index in [0.29, 0.717) is 10.9 Å². The van der Waals surface area contributed by atoms with Crippen molar-refractivity contribution in [2.75, 3.05) is 24.3 Å². The average molecular weight is 302 g/mol. The number of carbonyl (C=O) groups excluding carboxylic acids is 1. The molecule has 1 aliphatic carbocycles. The molecule has 1 aromatic carbocycles. The summed E-state index contributed by atoms with van der Waals surface area (Å²) in [4.78, 5) is 18.9. The van der Waals surface area contributed by atoms with E-state index in [-0.39, 0.29) is 5.91 Å². The van der Waals surface area contributed by atoms with E-state index in [4.69, 9.17) is 0 Å².